The quantitative estimate of drug-likeness (QED) is 0.624. The van der Waals surface area contributed by atoms with Gasteiger partial charge in [0.2, 0.25) is 0 Å². The van der Waals surface area contributed by atoms with Gasteiger partial charge in [-0.1, -0.05) is 48.5 Å². The smallest absolute Gasteiger partial charge is 0.347 e. The van der Waals surface area contributed by atoms with Crippen molar-refractivity contribution >= 4 is 12.0 Å². The van der Waals surface area contributed by atoms with Crippen molar-refractivity contribution in [3.63, 3.8) is 0 Å². The normalized spacial score (nSPS) is 13.4. The molecule has 0 unspecified atom stereocenters. The molecule has 0 saturated heterocycles. The molecule has 5 heteroatoms. The van der Waals surface area contributed by atoms with Gasteiger partial charge in [-0.25, -0.2) is 4.79 Å². The van der Waals surface area contributed by atoms with E-state index < -0.39 is 0 Å². The summed E-state index contributed by atoms with van der Waals surface area (Å²) in [5.41, 5.74) is 15.3. The van der Waals surface area contributed by atoms with Crippen LogP contribution in [0.15, 0.2) is 53.5 Å². The van der Waals surface area contributed by atoms with Gasteiger partial charge in [0, 0.05) is 13.1 Å². The number of aliphatic imine (C=N–C) groups is 1. The number of benzene rings is 2. The third kappa shape index (κ3) is 2.79. The molecule has 0 aliphatic carbocycles. The molecule has 5 nitrogen and oxygen atoms in total. The average molecular weight is 294 g/mol. The molecule has 112 valence electrons. The summed E-state index contributed by atoms with van der Waals surface area (Å²) in [6, 6.07) is 16.1. The molecule has 4 N–H and O–H groups in total. The number of amides is 2. The fourth-order valence-corrected chi connectivity index (χ4v) is 2.81. The molecular weight excluding hydrogens is 276 g/mol. The Morgan fingerprint density at radius 1 is 1.05 bits per heavy atom. The maximum atomic E-state index is 12.0. The fourth-order valence-electron chi connectivity index (χ4n) is 2.81. The molecule has 0 atom stereocenters. The van der Waals surface area contributed by atoms with Crippen molar-refractivity contribution in [2.24, 2.45) is 16.5 Å². The molecule has 0 bridgehead atoms. The highest BCUT2D eigenvalue weighted by molar-refractivity contribution is 5.90. The number of nitrogens with zero attached hydrogens (tertiary/aromatic N) is 2. The summed E-state index contributed by atoms with van der Waals surface area (Å²) < 4.78 is 0. The van der Waals surface area contributed by atoms with E-state index in [4.69, 9.17) is 11.5 Å². The molecule has 2 aromatic carbocycles. The van der Waals surface area contributed by atoms with Crippen molar-refractivity contribution in [3.05, 3.63) is 59.7 Å². The first-order valence-corrected chi connectivity index (χ1v) is 7.20. The Hall–Kier alpha value is -2.82. The minimum Gasteiger partial charge on any atom is -0.370 e. The van der Waals surface area contributed by atoms with Crippen molar-refractivity contribution in [1.82, 2.24) is 4.90 Å². The fraction of sp³-hybridized carbons (Fsp3) is 0.176. The first-order chi connectivity index (χ1) is 10.6. The van der Waals surface area contributed by atoms with Crippen molar-refractivity contribution < 1.29 is 4.79 Å². The topological polar surface area (TPSA) is 84.7 Å². The molecule has 1 heterocycles. The number of carbonyl (C=O) groups is 1. The SMILES string of the molecule is NC(N)=NC(=O)N1CCc2cccc(-c3ccccc3)c2C1. The van der Waals surface area contributed by atoms with Crippen LogP contribution in [-0.4, -0.2) is 23.4 Å². The van der Waals surface area contributed by atoms with Crippen LogP contribution >= 0.6 is 0 Å². The van der Waals surface area contributed by atoms with Crippen LogP contribution in [0.4, 0.5) is 4.79 Å². The largest absolute Gasteiger partial charge is 0.370 e. The number of urea groups is 1. The Kier molecular flexibility index (Phi) is 3.78. The van der Waals surface area contributed by atoms with E-state index in [-0.39, 0.29) is 12.0 Å². The second-order valence-electron chi connectivity index (χ2n) is 5.30. The molecule has 1 aliphatic heterocycles. The van der Waals surface area contributed by atoms with E-state index in [2.05, 4.69) is 35.3 Å². The average Bonchev–Trinajstić information content (AvgIpc) is 2.54. The predicted octanol–water partition coefficient (Wildman–Crippen LogP) is 2.11. The van der Waals surface area contributed by atoms with Gasteiger partial charge in [-0.15, -0.1) is 0 Å². The number of hydrogen-bond acceptors (Lipinski definition) is 1. The van der Waals surface area contributed by atoms with E-state index in [0.29, 0.717) is 13.1 Å². The maximum absolute atomic E-state index is 12.0. The summed E-state index contributed by atoms with van der Waals surface area (Å²) in [6.07, 6.45) is 0.807. The third-order valence-corrected chi connectivity index (χ3v) is 3.85. The van der Waals surface area contributed by atoms with Crippen molar-refractivity contribution in [2.45, 2.75) is 13.0 Å². The van der Waals surface area contributed by atoms with Crippen LogP contribution < -0.4 is 11.5 Å². The number of guanidine groups is 1. The minimum atomic E-state index is -0.381. The highest BCUT2D eigenvalue weighted by Gasteiger charge is 2.22. The lowest BCUT2D eigenvalue weighted by atomic mass is 9.91. The number of fused-ring (bicyclic) bond motifs is 1. The van der Waals surface area contributed by atoms with E-state index in [1.807, 2.05) is 18.2 Å². The summed E-state index contributed by atoms with van der Waals surface area (Å²) in [5, 5.41) is 0. The van der Waals surface area contributed by atoms with Gasteiger partial charge in [-0.05, 0) is 28.7 Å². The van der Waals surface area contributed by atoms with Crippen molar-refractivity contribution in [1.29, 1.82) is 0 Å². The number of rotatable bonds is 1. The van der Waals surface area contributed by atoms with Gasteiger partial charge in [-0.3, -0.25) is 0 Å². The monoisotopic (exact) mass is 294 g/mol. The Labute approximate surface area is 129 Å². The molecule has 22 heavy (non-hydrogen) atoms. The van der Waals surface area contributed by atoms with Gasteiger partial charge in [0.25, 0.3) is 0 Å². The van der Waals surface area contributed by atoms with Gasteiger partial charge >= 0.3 is 6.03 Å². The Morgan fingerprint density at radius 3 is 2.55 bits per heavy atom. The molecule has 0 spiro atoms. The number of carbonyl (C=O) groups excluding carboxylic acids is 1. The van der Waals surface area contributed by atoms with E-state index >= 15 is 0 Å². The molecule has 1 aliphatic rings. The predicted molar refractivity (Wildman–Crippen MR) is 87.2 cm³/mol. The molecular formula is C17H18N4O. The standard InChI is InChI=1S/C17H18N4O/c18-16(19)20-17(22)21-10-9-13-7-4-8-14(15(13)11-21)12-5-2-1-3-6-12/h1-8H,9-11H2,(H4,18,19,20,22). The molecule has 0 fully saturated rings. The molecule has 3 rings (SSSR count). The zero-order valence-electron chi connectivity index (χ0n) is 12.2. The van der Waals surface area contributed by atoms with E-state index in [1.165, 1.54) is 11.1 Å². The lowest BCUT2D eigenvalue weighted by Crippen LogP contribution is -2.36. The highest BCUT2D eigenvalue weighted by atomic mass is 16.2. The van der Waals surface area contributed by atoms with Crippen LogP contribution in [0.3, 0.4) is 0 Å². The zero-order chi connectivity index (χ0) is 15.5. The molecule has 0 aromatic heterocycles. The molecule has 0 saturated carbocycles. The van der Waals surface area contributed by atoms with Gasteiger partial charge < -0.3 is 16.4 Å². The van der Waals surface area contributed by atoms with Crippen molar-refractivity contribution in [2.75, 3.05) is 6.54 Å². The first-order valence-electron chi connectivity index (χ1n) is 7.20. The third-order valence-electron chi connectivity index (χ3n) is 3.85. The van der Waals surface area contributed by atoms with Gasteiger partial charge in [-0.2, -0.15) is 4.99 Å². The summed E-state index contributed by atoms with van der Waals surface area (Å²) in [6.45, 7) is 1.15. The van der Waals surface area contributed by atoms with Crippen LogP contribution in [0, 0.1) is 0 Å². The molecule has 2 amide bonds. The zero-order valence-corrected chi connectivity index (χ0v) is 12.2. The van der Waals surface area contributed by atoms with Gasteiger partial charge in [0.1, 0.15) is 0 Å². The van der Waals surface area contributed by atoms with Crippen LogP contribution in [-0.2, 0) is 13.0 Å². The Bertz CT molecular complexity index is 721. The first kappa shape index (κ1) is 14.1. The van der Waals surface area contributed by atoms with Crippen LogP contribution in [0.1, 0.15) is 11.1 Å². The van der Waals surface area contributed by atoms with E-state index in [9.17, 15) is 4.79 Å². The highest BCUT2D eigenvalue weighted by Crippen LogP contribution is 2.30. The lowest BCUT2D eigenvalue weighted by molar-refractivity contribution is 0.203. The molecule has 0 radical (unpaired) electrons. The van der Waals surface area contributed by atoms with Crippen LogP contribution in [0.5, 0.6) is 0 Å². The van der Waals surface area contributed by atoms with E-state index in [0.717, 1.165) is 17.5 Å². The minimum absolute atomic E-state index is 0.202. The summed E-state index contributed by atoms with van der Waals surface area (Å²) in [5.74, 6) is -0.202. The summed E-state index contributed by atoms with van der Waals surface area (Å²) in [7, 11) is 0. The van der Waals surface area contributed by atoms with Crippen LogP contribution in [0.25, 0.3) is 11.1 Å². The van der Waals surface area contributed by atoms with Gasteiger partial charge in [0.15, 0.2) is 5.96 Å². The Balaban J connectivity index is 1.96. The van der Waals surface area contributed by atoms with Crippen molar-refractivity contribution in [3.8, 4) is 11.1 Å². The second kappa shape index (κ2) is 5.89. The van der Waals surface area contributed by atoms with E-state index in [1.54, 1.807) is 4.90 Å². The Morgan fingerprint density at radius 2 is 1.82 bits per heavy atom. The summed E-state index contributed by atoms with van der Waals surface area (Å²) in [4.78, 5) is 17.4. The molecule has 2 aromatic rings. The van der Waals surface area contributed by atoms with Crippen LogP contribution in [0.2, 0.25) is 0 Å². The van der Waals surface area contributed by atoms with Gasteiger partial charge in [0.05, 0.1) is 0 Å². The lowest BCUT2D eigenvalue weighted by Gasteiger charge is -2.29. The maximum Gasteiger partial charge on any atom is 0.347 e. The second-order valence-corrected chi connectivity index (χ2v) is 5.30. The number of nitrogens with two attached hydrogens (primary N) is 2. The number of hydrogen-bond donors (Lipinski definition) is 2. The summed E-state index contributed by atoms with van der Waals surface area (Å²) >= 11 is 0.